The van der Waals surface area contributed by atoms with Crippen molar-refractivity contribution in [3.63, 3.8) is 0 Å². The van der Waals surface area contributed by atoms with Crippen LogP contribution in [-0.4, -0.2) is 49.7 Å². The SMILES string of the molecule is CC(C)(NC(=O)[C@@H]1[C@@H]2CN(C(=O)O)C[C@@H]21)c1ncc2c(SC3CCCC3)cccn12. The van der Waals surface area contributed by atoms with Crippen LogP contribution < -0.4 is 5.32 Å². The molecule has 0 radical (unpaired) electrons. The summed E-state index contributed by atoms with van der Waals surface area (Å²) in [5.74, 6) is 1.05. The lowest BCUT2D eigenvalue weighted by Crippen LogP contribution is -2.44. The second-order valence-corrected chi connectivity index (χ2v) is 10.7. The van der Waals surface area contributed by atoms with Crippen LogP contribution in [0.1, 0.15) is 45.4 Å². The van der Waals surface area contributed by atoms with E-state index in [4.69, 9.17) is 10.1 Å². The summed E-state index contributed by atoms with van der Waals surface area (Å²) in [6.07, 6.45) is 8.22. The van der Waals surface area contributed by atoms with Crippen LogP contribution in [-0.2, 0) is 10.3 Å². The van der Waals surface area contributed by atoms with E-state index in [0.717, 1.165) is 11.3 Å². The number of carboxylic acid groups (broad SMARTS) is 1. The Hall–Kier alpha value is -2.22. The number of aromatic nitrogens is 2. The van der Waals surface area contributed by atoms with Gasteiger partial charge in [0, 0.05) is 35.3 Å². The quantitative estimate of drug-likeness (QED) is 0.760. The fourth-order valence-electron chi connectivity index (χ4n) is 5.26. The molecule has 1 saturated heterocycles. The van der Waals surface area contributed by atoms with Crippen LogP contribution in [0.2, 0.25) is 0 Å². The molecule has 3 atom stereocenters. The first-order valence-corrected chi connectivity index (χ1v) is 11.7. The predicted octanol–water partition coefficient (Wildman–Crippen LogP) is 3.58. The predicted molar refractivity (Wildman–Crippen MR) is 115 cm³/mol. The Kier molecular flexibility index (Phi) is 4.72. The Bertz CT molecular complexity index is 985. The van der Waals surface area contributed by atoms with Crippen LogP contribution in [0.25, 0.3) is 5.52 Å². The second kappa shape index (κ2) is 7.18. The van der Waals surface area contributed by atoms with Crippen LogP contribution in [0.3, 0.4) is 0 Å². The van der Waals surface area contributed by atoms with Gasteiger partial charge in [-0.15, -0.1) is 11.8 Å². The third kappa shape index (κ3) is 3.35. The molecule has 3 heterocycles. The molecular formula is C22H28N4O3S. The van der Waals surface area contributed by atoms with E-state index in [-0.39, 0.29) is 23.7 Å². The zero-order valence-corrected chi connectivity index (χ0v) is 18.2. The number of rotatable bonds is 5. The van der Waals surface area contributed by atoms with Crippen LogP contribution >= 0.6 is 11.8 Å². The normalized spacial score (nSPS) is 26.2. The van der Waals surface area contributed by atoms with Gasteiger partial charge in [-0.3, -0.25) is 4.79 Å². The van der Waals surface area contributed by atoms with Crippen molar-refractivity contribution in [2.75, 3.05) is 13.1 Å². The average Bonchev–Trinajstić information content (AvgIpc) is 3.18. The van der Waals surface area contributed by atoms with E-state index in [1.54, 1.807) is 0 Å². The number of fused-ring (bicyclic) bond motifs is 2. The lowest BCUT2D eigenvalue weighted by atomic mass is 10.0. The van der Waals surface area contributed by atoms with Gasteiger partial charge in [-0.25, -0.2) is 9.78 Å². The molecule has 0 unspecified atom stereocenters. The first-order valence-electron chi connectivity index (χ1n) is 10.8. The number of hydrogen-bond donors (Lipinski definition) is 2. The van der Waals surface area contributed by atoms with Crippen molar-refractivity contribution in [2.45, 2.75) is 55.2 Å². The molecule has 3 fully saturated rings. The molecule has 2 aromatic heterocycles. The second-order valence-electron chi connectivity index (χ2n) is 9.39. The number of amides is 2. The molecule has 0 aromatic carbocycles. The number of thioether (sulfide) groups is 1. The van der Waals surface area contributed by atoms with Gasteiger partial charge in [-0.05, 0) is 50.7 Å². The van der Waals surface area contributed by atoms with Crippen LogP contribution in [0.5, 0.6) is 0 Å². The lowest BCUT2D eigenvalue weighted by molar-refractivity contribution is -0.125. The summed E-state index contributed by atoms with van der Waals surface area (Å²) >= 11 is 1.95. The van der Waals surface area contributed by atoms with E-state index >= 15 is 0 Å². The van der Waals surface area contributed by atoms with E-state index in [1.807, 2.05) is 38.0 Å². The van der Waals surface area contributed by atoms with Gasteiger partial charge >= 0.3 is 6.09 Å². The Labute approximate surface area is 180 Å². The van der Waals surface area contributed by atoms with Crippen molar-refractivity contribution in [3.05, 3.63) is 30.4 Å². The third-order valence-electron chi connectivity index (χ3n) is 6.89. The molecule has 3 aliphatic rings. The zero-order chi connectivity index (χ0) is 21.0. The highest BCUT2D eigenvalue weighted by Crippen LogP contribution is 2.52. The number of nitrogens with zero attached hydrogens (tertiary/aromatic N) is 3. The molecule has 2 saturated carbocycles. The molecule has 0 spiro atoms. The van der Waals surface area contributed by atoms with Crippen molar-refractivity contribution in [2.24, 2.45) is 17.8 Å². The zero-order valence-electron chi connectivity index (χ0n) is 17.4. The molecule has 8 heteroatoms. The van der Waals surface area contributed by atoms with Gasteiger partial charge in [0.1, 0.15) is 5.82 Å². The van der Waals surface area contributed by atoms with Gasteiger partial charge in [-0.1, -0.05) is 12.8 Å². The highest BCUT2D eigenvalue weighted by Gasteiger charge is 2.60. The molecule has 2 aliphatic carbocycles. The van der Waals surface area contributed by atoms with Crippen molar-refractivity contribution >= 4 is 29.3 Å². The average molecular weight is 429 g/mol. The topological polar surface area (TPSA) is 86.9 Å². The van der Waals surface area contributed by atoms with Crippen LogP contribution in [0, 0.1) is 17.8 Å². The molecular weight excluding hydrogens is 400 g/mol. The fraction of sp³-hybridized carbons (Fsp3) is 0.591. The minimum Gasteiger partial charge on any atom is -0.465 e. The summed E-state index contributed by atoms with van der Waals surface area (Å²) in [6, 6.07) is 4.22. The van der Waals surface area contributed by atoms with E-state index in [1.165, 1.54) is 35.5 Å². The van der Waals surface area contributed by atoms with Crippen LogP contribution in [0.15, 0.2) is 29.4 Å². The standard InChI is InChI=1S/C22H28N4O3S/c1-22(2,24-19(27)18-14-11-25(21(28)29)12-15(14)18)20-23-10-16-17(8-5-9-26(16)20)30-13-6-3-4-7-13/h5,8-10,13-15,18H,3-4,6-7,11-12H2,1-2H3,(H,24,27)(H,28,29)/t14-,15+,18-. The highest BCUT2D eigenvalue weighted by molar-refractivity contribution is 8.00. The number of carbonyl (C=O) groups excluding carboxylic acids is 1. The van der Waals surface area contributed by atoms with Gasteiger partial charge < -0.3 is 19.7 Å². The number of nitrogens with one attached hydrogen (secondary N) is 1. The van der Waals surface area contributed by atoms with Gasteiger partial charge in [-0.2, -0.15) is 0 Å². The summed E-state index contributed by atoms with van der Waals surface area (Å²) in [6.45, 7) is 4.90. The van der Waals surface area contributed by atoms with E-state index < -0.39 is 11.6 Å². The summed E-state index contributed by atoms with van der Waals surface area (Å²) < 4.78 is 2.09. The Morgan fingerprint density at radius 2 is 1.93 bits per heavy atom. The van der Waals surface area contributed by atoms with Gasteiger partial charge in [0.2, 0.25) is 5.91 Å². The Morgan fingerprint density at radius 3 is 2.60 bits per heavy atom. The number of carbonyl (C=O) groups is 2. The summed E-state index contributed by atoms with van der Waals surface area (Å²) in [4.78, 5) is 31.4. The van der Waals surface area contributed by atoms with Crippen LogP contribution in [0.4, 0.5) is 4.79 Å². The molecule has 1 aliphatic heterocycles. The summed E-state index contributed by atoms with van der Waals surface area (Å²) in [5, 5.41) is 13.0. The number of imidazole rings is 1. The minimum absolute atomic E-state index is 0.00766. The largest absolute Gasteiger partial charge is 0.465 e. The monoisotopic (exact) mass is 428 g/mol. The van der Waals surface area contributed by atoms with E-state index in [9.17, 15) is 9.59 Å². The maximum absolute atomic E-state index is 12.9. The molecule has 5 rings (SSSR count). The van der Waals surface area contributed by atoms with Crippen molar-refractivity contribution < 1.29 is 14.7 Å². The summed E-state index contributed by atoms with van der Waals surface area (Å²) in [7, 11) is 0. The first-order chi connectivity index (χ1) is 14.3. The molecule has 30 heavy (non-hydrogen) atoms. The smallest absolute Gasteiger partial charge is 0.407 e. The van der Waals surface area contributed by atoms with Crippen molar-refractivity contribution in [1.29, 1.82) is 0 Å². The van der Waals surface area contributed by atoms with Crippen molar-refractivity contribution in [3.8, 4) is 0 Å². The number of pyridine rings is 1. The molecule has 160 valence electrons. The number of hydrogen-bond acceptors (Lipinski definition) is 4. The molecule has 2 aromatic rings. The maximum atomic E-state index is 12.9. The number of piperidine rings is 1. The summed E-state index contributed by atoms with van der Waals surface area (Å²) in [5.41, 5.74) is 0.468. The number of likely N-dealkylation sites (tertiary alicyclic amines) is 1. The van der Waals surface area contributed by atoms with E-state index in [2.05, 4.69) is 21.9 Å². The lowest BCUT2D eigenvalue weighted by Gasteiger charge is -2.26. The molecule has 0 bridgehead atoms. The van der Waals surface area contributed by atoms with E-state index in [0.29, 0.717) is 18.3 Å². The highest BCUT2D eigenvalue weighted by atomic mass is 32.2. The minimum atomic E-state index is -0.892. The fourth-order valence-corrected chi connectivity index (χ4v) is 6.62. The molecule has 7 nitrogen and oxygen atoms in total. The first kappa shape index (κ1) is 19.7. The molecule has 2 N–H and O–H groups in total. The maximum Gasteiger partial charge on any atom is 0.407 e. The third-order valence-corrected chi connectivity index (χ3v) is 8.29. The Balaban J connectivity index is 1.31. The molecule has 2 amide bonds. The van der Waals surface area contributed by atoms with Crippen molar-refractivity contribution in [1.82, 2.24) is 19.6 Å². The van der Waals surface area contributed by atoms with Gasteiger partial charge in [0.05, 0.1) is 17.3 Å². The van der Waals surface area contributed by atoms with Gasteiger partial charge in [0.25, 0.3) is 0 Å². The Morgan fingerprint density at radius 1 is 1.23 bits per heavy atom. The van der Waals surface area contributed by atoms with Gasteiger partial charge in [0.15, 0.2) is 0 Å².